The van der Waals surface area contributed by atoms with E-state index in [9.17, 15) is 13.2 Å². The number of amides is 1. The Morgan fingerprint density at radius 2 is 1.70 bits per heavy atom. The Kier molecular flexibility index (Phi) is 5.99. The van der Waals surface area contributed by atoms with Crippen molar-refractivity contribution in [3.63, 3.8) is 0 Å². The maximum Gasteiger partial charge on any atom is 0.246 e. The van der Waals surface area contributed by atoms with Crippen LogP contribution in [0.25, 0.3) is 6.08 Å². The van der Waals surface area contributed by atoms with Gasteiger partial charge in [0.25, 0.3) is 0 Å². The number of hydrogen-bond donors (Lipinski definition) is 0. The van der Waals surface area contributed by atoms with Gasteiger partial charge in [-0.05, 0) is 35.9 Å². The van der Waals surface area contributed by atoms with Crippen molar-refractivity contribution in [2.45, 2.75) is 4.90 Å². The van der Waals surface area contributed by atoms with Crippen LogP contribution in [0.2, 0.25) is 5.02 Å². The van der Waals surface area contributed by atoms with Gasteiger partial charge in [0, 0.05) is 43.3 Å². The number of nitrogens with zero attached hydrogens (tertiary/aromatic N) is 2. The summed E-state index contributed by atoms with van der Waals surface area (Å²) in [6.45, 7) is 1.94. The van der Waals surface area contributed by atoms with Gasteiger partial charge in [-0.25, -0.2) is 8.42 Å². The standard InChI is InChI=1S/C21H21ClN2O5S/c22-17-3-1-2-16(14-17)4-7-21(25)23-8-10-24(11-9-23)30(26,27)18-5-6-19-20(15-18)29-13-12-28-19/h1-7,14-15H,8-13H2/b7-4+. The topological polar surface area (TPSA) is 76.2 Å². The lowest BCUT2D eigenvalue weighted by Gasteiger charge is -2.33. The molecular weight excluding hydrogens is 428 g/mol. The predicted octanol–water partition coefficient (Wildman–Crippen LogP) is 2.66. The highest BCUT2D eigenvalue weighted by atomic mass is 35.5. The second kappa shape index (κ2) is 8.67. The number of halogens is 1. The molecule has 0 aliphatic carbocycles. The number of sulfonamides is 1. The van der Waals surface area contributed by atoms with Crippen molar-refractivity contribution in [2.75, 3.05) is 39.4 Å². The number of hydrogen-bond acceptors (Lipinski definition) is 5. The van der Waals surface area contributed by atoms with Crippen LogP contribution in [0, 0.1) is 0 Å². The number of fused-ring (bicyclic) bond motifs is 1. The van der Waals surface area contributed by atoms with Crippen LogP contribution in [0.4, 0.5) is 0 Å². The molecule has 0 aromatic heterocycles. The molecule has 30 heavy (non-hydrogen) atoms. The zero-order chi connectivity index (χ0) is 21.1. The molecular formula is C21H21ClN2O5S. The van der Waals surface area contributed by atoms with Crippen molar-refractivity contribution in [2.24, 2.45) is 0 Å². The molecule has 1 saturated heterocycles. The van der Waals surface area contributed by atoms with Crippen molar-refractivity contribution in [3.05, 3.63) is 59.1 Å². The lowest BCUT2D eigenvalue weighted by Crippen LogP contribution is -2.50. The highest BCUT2D eigenvalue weighted by Crippen LogP contribution is 2.33. The third kappa shape index (κ3) is 4.45. The molecule has 7 nitrogen and oxygen atoms in total. The minimum Gasteiger partial charge on any atom is -0.486 e. The molecule has 0 radical (unpaired) electrons. The number of carbonyl (C=O) groups is 1. The fourth-order valence-corrected chi connectivity index (χ4v) is 5.00. The summed E-state index contributed by atoms with van der Waals surface area (Å²) in [4.78, 5) is 14.2. The monoisotopic (exact) mass is 448 g/mol. The average molecular weight is 449 g/mol. The molecule has 2 aliphatic rings. The molecule has 2 aromatic rings. The molecule has 0 unspecified atom stereocenters. The Morgan fingerprint density at radius 1 is 0.967 bits per heavy atom. The quantitative estimate of drug-likeness (QED) is 0.672. The first-order valence-electron chi connectivity index (χ1n) is 9.56. The summed E-state index contributed by atoms with van der Waals surface area (Å²) in [5.74, 6) is 0.816. The minimum atomic E-state index is -3.68. The summed E-state index contributed by atoms with van der Waals surface area (Å²) in [6, 6.07) is 11.8. The summed E-state index contributed by atoms with van der Waals surface area (Å²) in [5.41, 5.74) is 0.829. The lowest BCUT2D eigenvalue weighted by molar-refractivity contribution is -0.127. The third-order valence-corrected chi connectivity index (χ3v) is 7.10. The van der Waals surface area contributed by atoms with Crippen LogP contribution in [0.5, 0.6) is 11.5 Å². The summed E-state index contributed by atoms with van der Waals surface area (Å²) >= 11 is 5.95. The lowest BCUT2D eigenvalue weighted by atomic mass is 10.2. The zero-order valence-electron chi connectivity index (χ0n) is 16.2. The Morgan fingerprint density at radius 3 is 2.43 bits per heavy atom. The van der Waals surface area contributed by atoms with E-state index in [-0.39, 0.29) is 23.9 Å². The molecule has 0 saturated carbocycles. The largest absolute Gasteiger partial charge is 0.486 e. The third-order valence-electron chi connectivity index (χ3n) is 4.97. The van der Waals surface area contributed by atoms with Crippen LogP contribution >= 0.6 is 11.6 Å². The first-order valence-corrected chi connectivity index (χ1v) is 11.4. The number of carbonyl (C=O) groups excluding carboxylic acids is 1. The van der Waals surface area contributed by atoms with E-state index in [0.717, 1.165) is 5.56 Å². The van der Waals surface area contributed by atoms with Crippen molar-refractivity contribution in [1.82, 2.24) is 9.21 Å². The molecule has 1 fully saturated rings. The van der Waals surface area contributed by atoms with Crippen LogP contribution in [0.15, 0.2) is 53.4 Å². The highest BCUT2D eigenvalue weighted by molar-refractivity contribution is 7.89. The van der Waals surface area contributed by atoms with Crippen LogP contribution in [0.1, 0.15) is 5.56 Å². The first kappa shape index (κ1) is 20.7. The second-order valence-corrected chi connectivity index (χ2v) is 9.30. The van der Waals surface area contributed by atoms with Gasteiger partial charge in [-0.3, -0.25) is 4.79 Å². The predicted molar refractivity (Wildman–Crippen MR) is 113 cm³/mol. The summed E-state index contributed by atoms with van der Waals surface area (Å²) in [7, 11) is -3.68. The van der Waals surface area contributed by atoms with Gasteiger partial charge in [-0.2, -0.15) is 4.31 Å². The highest BCUT2D eigenvalue weighted by Gasteiger charge is 2.30. The smallest absolute Gasteiger partial charge is 0.246 e. The van der Waals surface area contributed by atoms with E-state index in [0.29, 0.717) is 42.8 Å². The zero-order valence-corrected chi connectivity index (χ0v) is 17.7. The molecule has 158 valence electrons. The average Bonchev–Trinajstić information content (AvgIpc) is 2.77. The molecule has 9 heteroatoms. The van der Waals surface area contributed by atoms with Crippen molar-refractivity contribution >= 4 is 33.6 Å². The molecule has 0 atom stereocenters. The van der Waals surface area contributed by atoms with Crippen molar-refractivity contribution in [1.29, 1.82) is 0 Å². The van der Waals surface area contributed by atoms with E-state index in [1.54, 1.807) is 29.2 Å². The number of benzene rings is 2. The van der Waals surface area contributed by atoms with Crippen LogP contribution in [0.3, 0.4) is 0 Å². The van der Waals surface area contributed by atoms with E-state index in [4.69, 9.17) is 21.1 Å². The van der Waals surface area contributed by atoms with Crippen LogP contribution in [-0.4, -0.2) is 62.9 Å². The van der Waals surface area contributed by atoms with Crippen molar-refractivity contribution in [3.8, 4) is 11.5 Å². The molecule has 0 spiro atoms. The van der Waals surface area contributed by atoms with E-state index in [2.05, 4.69) is 0 Å². The van der Waals surface area contributed by atoms with E-state index in [1.165, 1.54) is 22.5 Å². The molecule has 2 aliphatic heterocycles. The van der Waals surface area contributed by atoms with Gasteiger partial charge < -0.3 is 14.4 Å². The summed E-state index contributed by atoms with van der Waals surface area (Å²) in [6.07, 6.45) is 3.18. The van der Waals surface area contributed by atoms with Gasteiger partial charge >= 0.3 is 0 Å². The molecule has 1 amide bonds. The second-order valence-electron chi connectivity index (χ2n) is 6.92. The van der Waals surface area contributed by atoms with Gasteiger partial charge in [-0.1, -0.05) is 23.7 Å². The Labute approximate surface area is 180 Å². The van der Waals surface area contributed by atoms with E-state index in [1.807, 2.05) is 12.1 Å². The van der Waals surface area contributed by atoms with Gasteiger partial charge in [-0.15, -0.1) is 0 Å². The van der Waals surface area contributed by atoms with Gasteiger partial charge in [0.15, 0.2) is 11.5 Å². The maximum absolute atomic E-state index is 13.0. The fraction of sp³-hybridized carbons (Fsp3) is 0.286. The number of rotatable bonds is 4. The normalized spacial score (nSPS) is 17.3. The summed E-state index contributed by atoms with van der Waals surface area (Å²) in [5, 5.41) is 0.600. The SMILES string of the molecule is O=C(/C=C/c1cccc(Cl)c1)N1CCN(S(=O)(=O)c2ccc3c(c2)OCCO3)CC1. The summed E-state index contributed by atoms with van der Waals surface area (Å²) < 4.78 is 38.3. The van der Waals surface area contributed by atoms with Crippen LogP contribution in [-0.2, 0) is 14.8 Å². The molecule has 0 N–H and O–H groups in total. The van der Waals surface area contributed by atoms with E-state index < -0.39 is 10.0 Å². The van der Waals surface area contributed by atoms with Gasteiger partial charge in [0.05, 0.1) is 4.90 Å². The Bertz CT molecular complexity index is 1080. The molecule has 0 bridgehead atoms. The number of piperazine rings is 1. The maximum atomic E-state index is 13.0. The van der Waals surface area contributed by atoms with Gasteiger partial charge in [0.1, 0.15) is 13.2 Å². The van der Waals surface area contributed by atoms with E-state index >= 15 is 0 Å². The molecule has 2 heterocycles. The Balaban J connectivity index is 1.39. The van der Waals surface area contributed by atoms with Gasteiger partial charge in [0.2, 0.25) is 15.9 Å². The number of ether oxygens (including phenoxy) is 2. The Hall–Kier alpha value is -2.55. The molecule has 4 rings (SSSR count). The van der Waals surface area contributed by atoms with Crippen LogP contribution < -0.4 is 9.47 Å². The fourth-order valence-electron chi connectivity index (χ4n) is 3.37. The first-order chi connectivity index (χ1) is 14.4. The van der Waals surface area contributed by atoms with Crippen molar-refractivity contribution < 1.29 is 22.7 Å². The minimum absolute atomic E-state index is 0.160. The molecule has 2 aromatic carbocycles.